The number of carbonyl (C=O) groups is 1. The lowest BCUT2D eigenvalue weighted by Gasteiger charge is -2.34. The first-order valence-corrected chi connectivity index (χ1v) is 6.64. The Kier molecular flexibility index (Phi) is 3.03. The van der Waals surface area contributed by atoms with Gasteiger partial charge in [-0.05, 0) is 38.0 Å². The van der Waals surface area contributed by atoms with Crippen LogP contribution in [0.2, 0.25) is 0 Å². The average Bonchev–Trinajstić information content (AvgIpc) is 2.86. The number of nitrogens with one attached hydrogen (secondary N) is 2. The van der Waals surface area contributed by atoms with Crippen LogP contribution in [0.5, 0.6) is 0 Å². The minimum Gasteiger partial charge on any atom is -0.381 e. The van der Waals surface area contributed by atoms with Crippen LogP contribution in [-0.2, 0) is 4.74 Å². The molecule has 0 saturated carbocycles. The van der Waals surface area contributed by atoms with E-state index >= 15 is 0 Å². The highest BCUT2D eigenvalue weighted by molar-refractivity contribution is 6.06. The van der Waals surface area contributed by atoms with E-state index in [1.165, 1.54) is 0 Å². The Morgan fingerprint density at radius 2 is 2.11 bits per heavy atom. The van der Waals surface area contributed by atoms with Crippen LogP contribution < -0.4 is 5.32 Å². The summed E-state index contributed by atoms with van der Waals surface area (Å²) in [6.45, 7) is 3.51. The van der Waals surface area contributed by atoms with Crippen molar-refractivity contribution in [3.63, 3.8) is 0 Å². The van der Waals surface area contributed by atoms with Gasteiger partial charge in [-0.2, -0.15) is 0 Å². The fourth-order valence-electron chi connectivity index (χ4n) is 2.57. The van der Waals surface area contributed by atoms with Gasteiger partial charge in [-0.15, -0.1) is 0 Å². The van der Waals surface area contributed by atoms with Gasteiger partial charge in [0.1, 0.15) is 0 Å². The smallest absolute Gasteiger partial charge is 0.252 e. The molecular weight excluding hydrogens is 240 g/mol. The summed E-state index contributed by atoms with van der Waals surface area (Å²) in [7, 11) is 0. The van der Waals surface area contributed by atoms with E-state index in [1.54, 1.807) is 0 Å². The van der Waals surface area contributed by atoms with E-state index in [1.807, 2.05) is 30.5 Å². The molecule has 1 aliphatic rings. The zero-order valence-corrected chi connectivity index (χ0v) is 11.0. The van der Waals surface area contributed by atoms with Gasteiger partial charge >= 0.3 is 0 Å². The zero-order chi connectivity index (χ0) is 13.3. The quantitative estimate of drug-likeness (QED) is 0.869. The summed E-state index contributed by atoms with van der Waals surface area (Å²) in [5.41, 5.74) is 1.56. The Hall–Kier alpha value is -1.81. The van der Waals surface area contributed by atoms with Gasteiger partial charge < -0.3 is 15.0 Å². The van der Waals surface area contributed by atoms with Crippen molar-refractivity contribution in [2.24, 2.45) is 0 Å². The maximum Gasteiger partial charge on any atom is 0.252 e. The molecule has 4 nitrogen and oxygen atoms in total. The summed E-state index contributed by atoms with van der Waals surface area (Å²) in [4.78, 5) is 15.6. The first-order chi connectivity index (χ1) is 9.18. The Bertz CT molecular complexity index is 597. The van der Waals surface area contributed by atoms with Crippen molar-refractivity contribution in [1.29, 1.82) is 0 Å². The van der Waals surface area contributed by atoms with E-state index in [0.717, 1.165) is 29.3 Å². The summed E-state index contributed by atoms with van der Waals surface area (Å²) in [5, 5.41) is 4.13. The van der Waals surface area contributed by atoms with Crippen molar-refractivity contribution in [3.05, 3.63) is 36.0 Å². The number of aromatic amines is 1. The molecule has 0 aliphatic carbocycles. The lowest BCUT2D eigenvalue weighted by Crippen LogP contribution is -2.49. The minimum atomic E-state index is -0.159. The molecule has 2 N–H and O–H groups in total. The predicted molar refractivity (Wildman–Crippen MR) is 74.2 cm³/mol. The monoisotopic (exact) mass is 258 g/mol. The molecule has 0 radical (unpaired) electrons. The highest BCUT2D eigenvalue weighted by Crippen LogP contribution is 2.22. The van der Waals surface area contributed by atoms with Crippen LogP contribution in [0.1, 0.15) is 30.1 Å². The number of hydrogen-bond acceptors (Lipinski definition) is 2. The highest BCUT2D eigenvalue weighted by atomic mass is 16.5. The summed E-state index contributed by atoms with van der Waals surface area (Å²) < 4.78 is 5.35. The predicted octanol–water partition coefficient (Wildman–Crippen LogP) is 2.47. The normalized spacial score (nSPS) is 18.4. The number of ether oxygens (including phenoxy) is 1. The van der Waals surface area contributed by atoms with Gasteiger partial charge in [-0.1, -0.05) is 6.07 Å². The van der Waals surface area contributed by atoms with Crippen LogP contribution in [0, 0.1) is 0 Å². The molecule has 1 fully saturated rings. The number of hydrogen-bond donors (Lipinski definition) is 2. The standard InChI is InChI=1S/C15H18N2O2/c1-15(6-9-19-10-7-15)17-14(18)12-3-2-4-13-11(12)5-8-16-13/h2-5,8,16H,6-7,9-10H2,1H3,(H,17,18). The number of aromatic nitrogens is 1. The van der Waals surface area contributed by atoms with Crippen LogP contribution in [0.3, 0.4) is 0 Å². The first-order valence-electron chi connectivity index (χ1n) is 6.64. The number of fused-ring (bicyclic) bond motifs is 1. The highest BCUT2D eigenvalue weighted by Gasteiger charge is 2.29. The van der Waals surface area contributed by atoms with Gasteiger partial charge in [0.25, 0.3) is 5.91 Å². The van der Waals surface area contributed by atoms with Crippen molar-refractivity contribution in [1.82, 2.24) is 10.3 Å². The molecule has 0 bridgehead atoms. The summed E-state index contributed by atoms with van der Waals surface area (Å²) in [5.74, 6) is -0.00500. The van der Waals surface area contributed by atoms with Crippen LogP contribution in [0.4, 0.5) is 0 Å². The molecule has 0 atom stereocenters. The Morgan fingerprint density at radius 1 is 1.32 bits per heavy atom. The van der Waals surface area contributed by atoms with E-state index in [0.29, 0.717) is 13.2 Å². The van der Waals surface area contributed by atoms with Gasteiger partial charge in [0.15, 0.2) is 0 Å². The lowest BCUT2D eigenvalue weighted by molar-refractivity contribution is 0.0423. The third-order valence-corrected chi connectivity index (χ3v) is 3.85. The SMILES string of the molecule is CC1(NC(=O)c2cccc3[nH]ccc23)CCOCC1. The van der Waals surface area contributed by atoms with Gasteiger partial charge in [0.05, 0.1) is 0 Å². The number of benzene rings is 1. The summed E-state index contributed by atoms with van der Waals surface area (Å²) >= 11 is 0. The third-order valence-electron chi connectivity index (χ3n) is 3.85. The van der Waals surface area contributed by atoms with Crippen molar-refractivity contribution in [3.8, 4) is 0 Å². The maximum absolute atomic E-state index is 12.5. The van der Waals surface area contributed by atoms with Crippen LogP contribution >= 0.6 is 0 Å². The molecule has 0 spiro atoms. The lowest BCUT2D eigenvalue weighted by atomic mass is 9.92. The average molecular weight is 258 g/mol. The molecule has 19 heavy (non-hydrogen) atoms. The summed E-state index contributed by atoms with van der Waals surface area (Å²) in [6, 6.07) is 7.69. The second-order valence-electron chi connectivity index (χ2n) is 5.37. The number of rotatable bonds is 2. The van der Waals surface area contributed by atoms with Crippen molar-refractivity contribution < 1.29 is 9.53 Å². The maximum atomic E-state index is 12.5. The van der Waals surface area contributed by atoms with Crippen molar-refractivity contribution in [2.45, 2.75) is 25.3 Å². The topological polar surface area (TPSA) is 54.1 Å². The van der Waals surface area contributed by atoms with E-state index in [4.69, 9.17) is 4.74 Å². The van der Waals surface area contributed by atoms with E-state index in [-0.39, 0.29) is 11.4 Å². The fourth-order valence-corrected chi connectivity index (χ4v) is 2.57. The van der Waals surface area contributed by atoms with Crippen molar-refractivity contribution >= 4 is 16.8 Å². The second kappa shape index (κ2) is 4.70. The van der Waals surface area contributed by atoms with Gasteiger partial charge in [-0.25, -0.2) is 0 Å². The van der Waals surface area contributed by atoms with Gasteiger partial charge in [-0.3, -0.25) is 4.79 Å². The van der Waals surface area contributed by atoms with Gasteiger partial charge in [0.2, 0.25) is 0 Å². The van der Waals surface area contributed by atoms with E-state index < -0.39 is 0 Å². The molecule has 100 valence electrons. The molecular formula is C15H18N2O2. The molecule has 1 aromatic carbocycles. The van der Waals surface area contributed by atoms with Crippen LogP contribution in [0.25, 0.3) is 10.9 Å². The minimum absolute atomic E-state index is 0.00500. The molecule has 1 aromatic heterocycles. The third kappa shape index (κ3) is 2.36. The van der Waals surface area contributed by atoms with Crippen LogP contribution in [-0.4, -0.2) is 29.6 Å². The molecule has 3 rings (SSSR count). The Labute approximate surface area is 112 Å². The van der Waals surface area contributed by atoms with Gasteiger partial charge in [0, 0.05) is 41.4 Å². The fraction of sp³-hybridized carbons (Fsp3) is 0.400. The molecule has 1 saturated heterocycles. The van der Waals surface area contributed by atoms with E-state index in [9.17, 15) is 4.79 Å². The Balaban J connectivity index is 1.85. The van der Waals surface area contributed by atoms with Crippen LogP contribution in [0.15, 0.2) is 30.5 Å². The Morgan fingerprint density at radius 3 is 2.89 bits per heavy atom. The molecule has 1 aliphatic heterocycles. The van der Waals surface area contributed by atoms with E-state index in [2.05, 4.69) is 17.2 Å². The first kappa shape index (κ1) is 12.2. The van der Waals surface area contributed by atoms with Crippen molar-refractivity contribution in [2.75, 3.05) is 13.2 Å². The number of H-pyrrole nitrogens is 1. The largest absolute Gasteiger partial charge is 0.381 e. The molecule has 2 heterocycles. The molecule has 1 amide bonds. The molecule has 2 aromatic rings. The zero-order valence-electron chi connectivity index (χ0n) is 11.0. The molecule has 0 unspecified atom stereocenters. The molecule has 4 heteroatoms. The number of carbonyl (C=O) groups excluding carboxylic acids is 1. The second-order valence-corrected chi connectivity index (χ2v) is 5.37. The number of amides is 1. The summed E-state index contributed by atoms with van der Waals surface area (Å²) in [6.07, 6.45) is 3.58.